The smallest absolute Gasteiger partial charge is 0.134 e. The van der Waals surface area contributed by atoms with Gasteiger partial charge in [-0.1, -0.05) is 28.1 Å². The van der Waals surface area contributed by atoms with Crippen LogP contribution in [0.25, 0.3) is 0 Å². The molecule has 2 heterocycles. The molecular formula is C16H17BrO2S. The fourth-order valence-corrected chi connectivity index (χ4v) is 4.30. The third kappa shape index (κ3) is 2.47. The van der Waals surface area contributed by atoms with Crippen LogP contribution in [-0.2, 0) is 6.42 Å². The third-order valence-corrected chi connectivity index (χ3v) is 5.74. The lowest BCUT2D eigenvalue weighted by Gasteiger charge is -2.16. The van der Waals surface area contributed by atoms with Gasteiger partial charge in [-0.25, -0.2) is 0 Å². The Balaban J connectivity index is 1.93. The Labute approximate surface area is 131 Å². The molecule has 20 heavy (non-hydrogen) atoms. The third-order valence-electron chi connectivity index (χ3n) is 3.49. The van der Waals surface area contributed by atoms with Crippen LogP contribution in [0.1, 0.15) is 34.7 Å². The van der Waals surface area contributed by atoms with Gasteiger partial charge in [0.2, 0.25) is 0 Å². The summed E-state index contributed by atoms with van der Waals surface area (Å²) in [6.07, 6.45) is 0.956. The van der Waals surface area contributed by atoms with E-state index in [9.17, 15) is 0 Å². The van der Waals surface area contributed by atoms with Gasteiger partial charge >= 0.3 is 0 Å². The Morgan fingerprint density at radius 3 is 2.90 bits per heavy atom. The zero-order valence-corrected chi connectivity index (χ0v) is 14.2. The Hall–Kier alpha value is -1.00. The number of halogens is 1. The van der Waals surface area contributed by atoms with E-state index in [-0.39, 0.29) is 10.4 Å². The number of hydrogen-bond acceptors (Lipinski definition) is 3. The molecule has 2 nitrogen and oxygen atoms in total. The number of hydrogen-bond donors (Lipinski definition) is 0. The molecule has 0 N–H and O–H groups in total. The zero-order valence-electron chi connectivity index (χ0n) is 11.8. The van der Waals surface area contributed by atoms with Crippen LogP contribution >= 0.6 is 27.3 Å². The molecule has 0 bridgehead atoms. The summed E-state index contributed by atoms with van der Waals surface area (Å²) in [5.41, 5.74) is 2.43. The van der Waals surface area contributed by atoms with Crippen LogP contribution in [0.15, 0.2) is 29.6 Å². The van der Waals surface area contributed by atoms with Gasteiger partial charge in [0.05, 0.1) is 16.8 Å². The molecule has 1 aromatic heterocycles. The van der Waals surface area contributed by atoms with Crippen LogP contribution in [-0.4, -0.2) is 12.7 Å². The quantitative estimate of drug-likeness (QED) is 0.727. The van der Waals surface area contributed by atoms with E-state index in [1.54, 1.807) is 18.4 Å². The lowest BCUT2D eigenvalue weighted by atomic mass is 9.99. The summed E-state index contributed by atoms with van der Waals surface area (Å²) in [6, 6.07) is 8.45. The molecule has 0 saturated carbocycles. The molecule has 1 aliphatic heterocycles. The van der Waals surface area contributed by atoms with Gasteiger partial charge in [-0.05, 0) is 42.5 Å². The van der Waals surface area contributed by atoms with Crippen molar-refractivity contribution in [3.8, 4) is 11.5 Å². The van der Waals surface area contributed by atoms with Crippen molar-refractivity contribution in [2.45, 2.75) is 30.7 Å². The zero-order chi connectivity index (χ0) is 14.3. The Kier molecular flexibility index (Phi) is 3.55. The van der Waals surface area contributed by atoms with Crippen LogP contribution < -0.4 is 9.47 Å². The second kappa shape index (κ2) is 5.08. The first-order valence-electron chi connectivity index (χ1n) is 6.57. The molecule has 0 radical (unpaired) electrons. The number of alkyl halides is 1. The second-order valence-corrected chi connectivity index (χ2v) is 7.48. The molecule has 4 heteroatoms. The van der Waals surface area contributed by atoms with Crippen molar-refractivity contribution in [2.75, 3.05) is 7.11 Å². The molecule has 1 atom stereocenters. The first-order chi connectivity index (χ1) is 9.50. The number of methoxy groups -OCH3 is 1. The predicted molar refractivity (Wildman–Crippen MR) is 86.5 cm³/mol. The number of fused-ring (bicyclic) bond motifs is 1. The van der Waals surface area contributed by atoms with Crippen LogP contribution in [0.3, 0.4) is 0 Å². The molecule has 3 rings (SSSR count). The van der Waals surface area contributed by atoms with Gasteiger partial charge in [0, 0.05) is 6.42 Å². The SMILES string of the molecule is COc1ccsc1C(Br)c1ccc2c(c1)CC(C)(C)O2. The van der Waals surface area contributed by atoms with Crippen molar-refractivity contribution in [2.24, 2.45) is 0 Å². The normalized spacial score (nSPS) is 17.4. The molecule has 0 amide bonds. The maximum Gasteiger partial charge on any atom is 0.134 e. The molecule has 1 aromatic carbocycles. The number of benzene rings is 1. The Bertz CT molecular complexity index is 633. The summed E-state index contributed by atoms with van der Waals surface area (Å²) in [5.74, 6) is 1.95. The van der Waals surface area contributed by atoms with Crippen LogP contribution in [0.2, 0.25) is 0 Å². The van der Waals surface area contributed by atoms with E-state index in [0.717, 1.165) is 17.9 Å². The summed E-state index contributed by atoms with van der Waals surface area (Å²) in [7, 11) is 1.71. The van der Waals surface area contributed by atoms with Crippen molar-refractivity contribution < 1.29 is 9.47 Å². The van der Waals surface area contributed by atoms with E-state index in [0.29, 0.717) is 0 Å². The average molecular weight is 353 g/mol. The predicted octanol–water partition coefficient (Wildman–Crippen LogP) is 4.95. The van der Waals surface area contributed by atoms with E-state index in [1.165, 1.54) is 16.0 Å². The maximum atomic E-state index is 5.93. The van der Waals surface area contributed by atoms with Crippen molar-refractivity contribution in [1.82, 2.24) is 0 Å². The minimum absolute atomic E-state index is 0.0939. The van der Waals surface area contributed by atoms with Gasteiger partial charge in [-0.15, -0.1) is 11.3 Å². The maximum absolute atomic E-state index is 5.93. The standard InChI is InChI=1S/C16H17BrO2S/c1-16(2)9-11-8-10(4-5-12(11)19-16)14(17)15-13(18-3)6-7-20-15/h4-8,14H,9H2,1-3H3. The molecule has 106 valence electrons. The Morgan fingerprint density at radius 2 is 2.15 bits per heavy atom. The fourth-order valence-electron chi connectivity index (χ4n) is 2.60. The van der Waals surface area contributed by atoms with E-state index >= 15 is 0 Å². The first-order valence-corrected chi connectivity index (χ1v) is 8.37. The number of ether oxygens (including phenoxy) is 2. The van der Waals surface area contributed by atoms with Gasteiger partial charge in [0.25, 0.3) is 0 Å². The largest absolute Gasteiger partial charge is 0.496 e. The summed E-state index contributed by atoms with van der Waals surface area (Å²) >= 11 is 5.50. The number of rotatable bonds is 3. The van der Waals surface area contributed by atoms with Gasteiger partial charge < -0.3 is 9.47 Å². The topological polar surface area (TPSA) is 18.5 Å². The van der Waals surface area contributed by atoms with Gasteiger partial charge in [0.1, 0.15) is 17.1 Å². The minimum Gasteiger partial charge on any atom is -0.496 e. The average Bonchev–Trinajstić information content (AvgIpc) is 2.98. The highest BCUT2D eigenvalue weighted by atomic mass is 79.9. The highest BCUT2D eigenvalue weighted by Gasteiger charge is 2.30. The van der Waals surface area contributed by atoms with E-state index in [1.807, 2.05) is 6.07 Å². The summed E-state index contributed by atoms with van der Waals surface area (Å²) in [4.78, 5) is 1.36. The van der Waals surface area contributed by atoms with Crippen LogP contribution in [0.5, 0.6) is 11.5 Å². The van der Waals surface area contributed by atoms with Gasteiger partial charge in [-0.3, -0.25) is 0 Å². The second-order valence-electron chi connectivity index (χ2n) is 5.62. The van der Waals surface area contributed by atoms with Crippen molar-refractivity contribution in [3.63, 3.8) is 0 Å². The monoisotopic (exact) mass is 352 g/mol. The van der Waals surface area contributed by atoms with Gasteiger partial charge in [0.15, 0.2) is 0 Å². The van der Waals surface area contributed by atoms with Crippen molar-refractivity contribution >= 4 is 27.3 Å². The molecule has 0 aliphatic carbocycles. The Morgan fingerprint density at radius 1 is 1.35 bits per heavy atom. The molecular weight excluding hydrogens is 336 g/mol. The lowest BCUT2D eigenvalue weighted by molar-refractivity contribution is 0.138. The summed E-state index contributed by atoms with van der Waals surface area (Å²) in [6.45, 7) is 4.25. The molecule has 1 unspecified atom stereocenters. The highest BCUT2D eigenvalue weighted by molar-refractivity contribution is 9.09. The molecule has 0 fully saturated rings. The van der Waals surface area contributed by atoms with Crippen LogP contribution in [0.4, 0.5) is 0 Å². The molecule has 1 aliphatic rings. The minimum atomic E-state index is -0.0939. The number of thiophene rings is 1. The van der Waals surface area contributed by atoms with Gasteiger partial charge in [-0.2, -0.15) is 0 Å². The van der Waals surface area contributed by atoms with E-state index in [4.69, 9.17) is 9.47 Å². The molecule has 2 aromatic rings. The lowest BCUT2D eigenvalue weighted by Crippen LogP contribution is -2.24. The molecule has 0 saturated heterocycles. The highest BCUT2D eigenvalue weighted by Crippen LogP contribution is 2.43. The first kappa shape index (κ1) is 14.0. The summed E-state index contributed by atoms with van der Waals surface area (Å²) in [5, 5.41) is 2.06. The van der Waals surface area contributed by atoms with E-state index < -0.39 is 0 Å². The molecule has 0 spiro atoms. The summed E-state index contributed by atoms with van der Waals surface area (Å²) < 4.78 is 11.3. The van der Waals surface area contributed by atoms with Crippen molar-refractivity contribution in [1.29, 1.82) is 0 Å². The fraction of sp³-hybridized carbons (Fsp3) is 0.375. The van der Waals surface area contributed by atoms with E-state index in [2.05, 4.69) is 53.4 Å². The van der Waals surface area contributed by atoms with Crippen LogP contribution in [0, 0.1) is 0 Å². The van der Waals surface area contributed by atoms with Crippen molar-refractivity contribution in [3.05, 3.63) is 45.6 Å².